The Kier molecular flexibility index (Phi) is 9.01. The summed E-state index contributed by atoms with van der Waals surface area (Å²) >= 11 is 0. The second-order valence-corrected chi connectivity index (χ2v) is 7.29. The molecule has 0 bridgehead atoms. The molecule has 2 aromatic rings. The molecule has 0 aliphatic heterocycles. The number of aliphatic hydroxyl groups is 1. The van der Waals surface area contributed by atoms with Crippen LogP contribution in [-0.4, -0.2) is 49.8 Å². The van der Waals surface area contributed by atoms with E-state index < -0.39 is 0 Å². The van der Waals surface area contributed by atoms with Crippen LogP contribution < -0.4 is 15.5 Å². The smallest absolute Gasteiger partial charge is 0.191 e. The maximum absolute atomic E-state index is 9.27. The number of fused-ring (bicyclic) bond motifs is 1. The van der Waals surface area contributed by atoms with E-state index in [4.69, 9.17) is 9.98 Å². The monoisotopic (exact) mass is 385 g/mol. The summed E-state index contributed by atoms with van der Waals surface area (Å²) in [6.07, 6.45) is 3.05. The fraction of sp³-hybridized carbons (Fsp3) is 0.545. The van der Waals surface area contributed by atoms with Gasteiger partial charge in [-0.25, -0.2) is 9.98 Å². The third-order valence-corrected chi connectivity index (χ3v) is 4.79. The molecular weight excluding hydrogens is 350 g/mol. The quantitative estimate of drug-likeness (QED) is 0.433. The van der Waals surface area contributed by atoms with E-state index >= 15 is 0 Å². The summed E-state index contributed by atoms with van der Waals surface area (Å²) in [5.41, 5.74) is 2.15. The number of anilines is 1. The number of rotatable bonds is 10. The molecule has 0 spiro atoms. The molecule has 2 rings (SSSR count). The number of hydrogen-bond donors (Lipinski definition) is 3. The van der Waals surface area contributed by atoms with Gasteiger partial charge in [0.25, 0.3) is 0 Å². The first kappa shape index (κ1) is 22.0. The van der Waals surface area contributed by atoms with Gasteiger partial charge in [0.1, 0.15) is 5.82 Å². The highest BCUT2D eigenvalue weighted by molar-refractivity contribution is 5.85. The zero-order chi connectivity index (χ0) is 20.4. The summed E-state index contributed by atoms with van der Waals surface area (Å²) in [7, 11) is 4.01. The molecule has 154 valence electrons. The first-order valence-corrected chi connectivity index (χ1v) is 10.3. The lowest BCUT2D eigenvalue weighted by atomic mass is 10.0. The number of hydrogen-bond acceptors (Lipinski definition) is 4. The standard InChI is InChI=1S/C22H35N5O/c1-5-9-17(12-13-28)15-24-22(23-6-2)25-16-18-14-21(27(3)4)26-20-11-8-7-10-19(18)20/h7-8,10-11,14,17,28H,5-6,9,12-13,15-16H2,1-4H3,(H2,23,24,25). The van der Waals surface area contributed by atoms with Crippen molar-refractivity contribution in [2.45, 2.75) is 39.7 Å². The van der Waals surface area contributed by atoms with Crippen molar-refractivity contribution in [3.63, 3.8) is 0 Å². The van der Waals surface area contributed by atoms with Gasteiger partial charge in [-0.05, 0) is 43.4 Å². The predicted molar refractivity (Wildman–Crippen MR) is 119 cm³/mol. The number of aromatic nitrogens is 1. The van der Waals surface area contributed by atoms with Crippen molar-refractivity contribution < 1.29 is 5.11 Å². The summed E-state index contributed by atoms with van der Waals surface area (Å²) < 4.78 is 0. The van der Waals surface area contributed by atoms with Crippen molar-refractivity contribution in [1.82, 2.24) is 15.6 Å². The molecule has 0 saturated carbocycles. The summed E-state index contributed by atoms with van der Waals surface area (Å²) in [5, 5.41) is 17.2. The van der Waals surface area contributed by atoms with E-state index in [0.717, 1.165) is 60.6 Å². The molecule has 6 heteroatoms. The van der Waals surface area contributed by atoms with Crippen LogP contribution in [0, 0.1) is 5.92 Å². The third-order valence-electron chi connectivity index (χ3n) is 4.79. The highest BCUT2D eigenvalue weighted by Crippen LogP contribution is 2.22. The average Bonchev–Trinajstić information content (AvgIpc) is 2.69. The Morgan fingerprint density at radius 1 is 1.18 bits per heavy atom. The lowest BCUT2D eigenvalue weighted by Gasteiger charge is -2.18. The first-order chi connectivity index (χ1) is 13.6. The van der Waals surface area contributed by atoms with Crippen molar-refractivity contribution >= 4 is 22.7 Å². The van der Waals surface area contributed by atoms with Gasteiger partial charge in [-0.3, -0.25) is 0 Å². The van der Waals surface area contributed by atoms with Crippen LogP contribution >= 0.6 is 0 Å². The minimum absolute atomic E-state index is 0.232. The molecular formula is C22H35N5O. The second kappa shape index (κ2) is 11.5. The van der Waals surface area contributed by atoms with Gasteiger partial charge in [-0.15, -0.1) is 0 Å². The number of guanidine groups is 1. The number of aliphatic imine (C=N–C) groups is 1. The van der Waals surface area contributed by atoms with Gasteiger partial charge in [0, 0.05) is 39.2 Å². The van der Waals surface area contributed by atoms with Gasteiger partial charge < -0.3 is 20.6 Å². The number of nitrogens with one attached hydrogen (secondary N) is 2. The van der Waals surface area contributed by atoms with Crippen LogP contribution in [0.5, 0.6) is 0 Å². The fourth-order valence-corrected chi connectivity index (χ4v) is 3.28. The Bertz CT molecular complexity index is 754. The van der Waals surface area contributed by atoms with Crippen LogP contribution in [0.4, 0.5) is 5.82 Å². The molecule has 1 atom stereocenters. The van der Waals surface area contributed by atoms with Crippen LogP contribution in [0.2, 0.25) is 0 Å². The largest absolute Gasteiger partial charge is 0.396 e. The van der Waals surface area contributed by atoms with E-state index in [1.807, 2.05) is 37.2 Å². The number of para-hydroxylation sites is 1. The molecule has 1 heterocycles. The van der Waals surface area contributed by atoms with Crippen molar-refractivity contribution in [2.75, 3.05) is 38.7 Å². The van der Waals surface area contributed by atoms with Crippen LogP contribution in [0.1, 0.15) is 38.7 Å². The van der Waals surface area contributed by atoms with Crippen LogP contribution in [0.15, 0.2) is 35.3 Å². The summed E-state index contributed by atoms with van der Waals surface area (Å²) in [6.45, 7) is 6.69. The molecule has 0 aliphatic carbocycles. The van der Waals surface area contributed by atoms with E-state index in [9.17, 15) is 5.11 Å². The average molecular weight is 386 g/mol. The van der Waals surface area contributed by atoms with Crippen LogP contribution in [-0.2, 0) is 6.54 Å². The Morgan fingerprint density at radius 2 is 1.96 bits per heavy atom. The summed E-state index contributed by atoms with van der Waals surface area (Å²) in [4.78, 5) is 11.6. The van der Waals surface area contributed by atoms with Gasteiger partial charge in [0.2, 0.25) is 0 Å². The predicted octanol–water partition coefficient (Wildman–Crippen LogP) is 3.15. The normalized spacial score (nSPS) is 12.8. The van der Waals surface area contributed by atoms with Crippen molar-refractivity contribution in [2.24, 2.45) is 10.9 Å². The Labute approximate surface area is 169 Å². The number of benzene rings is 1. The lowest BCUT2D eigenvalue weighted by Crippen LogP contribution is -2.40. The zero-order valence-electron chi connectivity index (χ0n) is 17.7. The lowest BCUT2D eigenvalue weighted by molar-refractivity contribution is 0.251. The minimum Gasteiger partial charge on any atom is -0.396 e. The highest BCUT2D eigenvalue weighted by Gasteiger charge is 2.10. The number of pyridine rings is 1. The van der Waals surface area contributed by atoms with Gasteiger partial charge in [0.15, 0.2) is 5.96 Å². The van der Waals surface area contributed by atoms with Crippen molar-refractivity contribution in [3.05, 3.63) is 35.9 Å². The molecule has 0 saturated heterocycles. The molecule has 0 aliphatic rings. The number of nitrogens with zero attached hydrogens (tertiary/aromatic N) is 3. The number of aliphatic hydroxyl groups excluding tert-OH is 1. The SMILES string of the molecule is CCCC(CCO)CNC(=NCc1cc(N(C)C)nc2ccccc12)NCC. The summed E-state index contributed by atoms with van der Waals surface area (Å²) in [6, 6.07) is 10.3. The molecule has 1 aromatic heterocycles. The van der Waals surface area contributed by atoms with Gasteiger partial charge in [-0.2, -0.15) is 0 Å². The molecule has 3 N–H and O–H groups in total. The van der Waals surface area contributed by atoms with Crippen LogP contribution in [0.3, 0.4) is 0 Å². The molecule has 0 amide bonds. The molecule has 1 unspecified atom stereocenters. The van der Waals surface area contributed by atoms with Crippen molar-refractivity contribution in [1.29, 1.82) is 0 Å². The first-order valence-electron chi connectivity index (χ1n) is 10.3. The topological polar surface area (TPSA) is 72.8 Å². The summed E-state index contributed by atoms with van der Waals surface area (Å²) in [5.74, 6) is 2.21. The van der Waals surface area contributed by atoms with Gasteiger partial charge in [-0.1, -0.05) is 31.5 Å². The molecule has 1 aromatic carbocycles. The molecule has 0 fully saturated rings. The minimum atomic E-state index is 0.232. The maximum atomic E-state index is 9.27. The van der Waals surface area contributed by atoms with E-state index in [-0.39, 0.29) is 6.61 Å². The fourth-order valence-electron chi connectivity index (χ4n) is 3.28. The Hall–Kier alpha value is -2.34. The highest BCUT2D eigenvalue weighted by atomic mass is 16.3. The van der Waals surface area contributed by atoms with E-state index in [1.54, 1.807) is 0 Å². The molecule has 6 nitrogen and oxygen atoms in total. The molecule has 0 radical (unpaired) electrons. The van der Waals surface area contributed by atoms with E-state index in [0.29, 0.717) is 12.5 Å². The van der Waals surface area contributed by atoms with E-state index in [2.05, 4.69) is 36.6 Å². The Balaban J connectivity index is 2.19. The maximum Gasteiger partial charge on any atom is 0.191 e. The molecule has 28 heavy (non-hydrogen) atoms. The van der Waals surface area contributed by atoms with Gasteiger partial charge >= 0.3 is 0 Å². The second-order valence-electron chi connectivity index (χ2n) is 7.29. The van der Waals surface area contributed by atoms with Crippen molar-refractivity contribution in [3.8, 4) is 0 Å². The van der Waals surface area contributed by atoms with Crippen LogP contribution in [0.25, 0.3) is 10.9 Å². The van der Waals surface area contributed by atoms with Gasteiger partial charge in [0.05, 0.1) is 12.1 Å². The third kappa shape index (κ3) is 6.37. The zero-order valence-corrected chi connectivity index (χ0v) is 17.7. The Morgan fingerprint density at radius 3 is 2.64 bits per heavy atom. The van der Waals surface area contributed by atoms with E-state index in [1.165, 1.54) is 0 Å².